The molecule has 0 bridgehead atoms. The first-order valence-corrected chi connectivity index (χ1v) is 16.0. The van der Waals surface area contributed by atoms with Gasteiger partial charge in [-0.05, 0) is 84.9 Å². The molecule has 232 valence electrons. The van der Waals surface area contributed by atoms with Gasteiger partial charge in [0.15, 0.2) is 0 Å². The Morgan fingerprint density at radius 1 is 0.907 bits per heavy atom. The number of fused-ring (bicyclic) bond motifs is 5. The highest BCUT2D eigenvalue weighted by molar-refractivity contribution is 5.91. The van der Waals surface area contributed by atoms with Crippen molar-refractivity contribution in [1.29, 1.82) is 0 Å². The van der Waals surface area contributed by atoms with Crippen LogP contribution in [0.5, 0.6) is 0 Å². The number of nitrogens with zero attached hydrogens (tertiary/aromatic N) is 2. The monoisotopic (exact) mass is 590 g/mol. The summed E-state index contributed by atoms with van der Waals surface area (Å²) in [5.41, 5.74) is 2.08. The number of carbonyl (C=O) groups excluding carboxylic acids is 1. The second kappa shape index (κ2) is 11.7. The molecule has 0 heterocycles. The molecule has 0 saturated heterocycles. The van der Waals surface area contributed by atoms with Gasteiger partial charge in [0.05, 0.1) is 21.5 Å². The van der Waals surface area contributed by atoms with Crippen LogP contribution in [0.4, 0.5) is 11.4 Å². The van der Waals surface area contributed by atoms with Gasteiger partial charge in [0.2, 0.25) is 0 Å². The average Bonchev–Trinajstić information content (AvgIpc) is 3.32. The Kier molecular flexibility index (Phi) is 8.45. The fourth-order valence-electron chi connectivity index (χ4n) is 8.82. The summed E-state index contributed by atoms with van der Waals surface area (Å²) in [4.78, 5) is 34.1. The van der Waals surface area contributed by atoms with Crippen LogP contribution in [0, 0.1) is 66.6 Å². The molecule has 0 aromatic heterocycles. The van der Waals surface area contributed by atoms with E-state index in [9.17, 15) is 25.0 Å². The van der Waals surface area contributed by atoms with Gasteiger partial charge in [-0.15, -0.1) is 0 Å². The number of ether oxygens (including phenoxy) is 1. The van der Waals surface area contributed by atoms with E-state index < -0.39 is 27.2 Å². The van der Waals surface area contributed by atoms with Crippen molar-refractivity contribution in [2.45, 2.75) is 92.6 Å². The topological polar surface area (TPSA) is 113 Å². The lowest BCUT2D eigenvalue weighted by molar-refractivity contribution is -0.394. The van der Waals surface area contributed by atoms with Crippen molar-refractivity contribution in [2.75, 3.05) is 0 Å². The number of non-ortho nitro benzene ring substituents is 2. The molecule has 8 heteroatoms. The van der Waals surface area contributed by atoms with Crippen molar-refractivity contribution in [2.24, 2.45) is 46.3 Å². The summed E-state index contributed by atoms with van der Waals surface area (Å²) in [6.45, 7) is 14.2. The number of nitro benzene ring substituents is 2. The number of allylic oxidation sites excluding steroid dienone is 5. The maximum atomic E-state index is 13.0. The molecule has 1 aromatic rings. The van der Waals surface area contributed by atoms with Gasteiger partial charge in [0.25, 0.3) is 11.4 Å². The van der Waals surface area contributed by atoms with E-state index in [2.05, 4.69) is 65.8 Å². The predicted molar refractivity (Wildman–Crippen MR) is 166 cm³/mol. The standard InChI is InChI=1S/C35H46N2O6/c1-21(2)22(3)7-8-23(4)30-11-12-31-29-10-9-25-19-28(13-15-34(25,5)32(29)14-16-35(30,31)6)43-33(38)24-17-26(36(39)40)20-27(18-24)37(41)42/h7-10,17-18,20-23,28,30-32H,11-16,19H2,1-6H3/b8-7+/t22-,23+,28?,30?,31?,32-,34+,35?/m0/s1. The minimum atomic E-state index is -0.760. The summed E-state index contributed by atoms with van der Waals surface area (Å²) in [6.07, 6.45) is 16.3. The molecule has 4 unspecified atom stereocenters. The predicted octanol–water partition coefficient (Wildman–Crippen LogP) is 9.01. The number of rotatable bonds is 8. The van der Waals surface area contributed by atoms with Gasteiger partial charge in [0.1, 0.15) is 6.10 Å². The molecule has 0 spiro atoms. The lowest BCUT2D eigenvalue weighted by Gasteiger charge is -2.55. The summed E-state index contributed by atoms with van der Waals surface area (Å²) in [5.74, 6) is 2.83. The molecule has 8 nitrogen and oxygen atoms in total. The van der Waals surface area contributed by atoms with E-state index >= 15 is 0 Å². The Hall–Kier alpha value is -3.29. The van der Waals surface area contributed by atoms with Gasteiger partial charge >= 0.3 is 5.97 Å². The van der Waals surface area contributed by atoms with Gasteiger partial charge in [-0.2, -0.15) is 0 Å². The number of carbonyl (C=O) groups is 1. The zero-order chi connectivity index (χ0) is 31.3. The Morgan fingerprint density at radius 2 is 1.58 bits per heavy atom. The van der Waals surface area contributed by atoms with Gasteiger partial charge in [0, 0.05) is 18.6 Å². The molecule has 0 N–H and O–H groups in total. The van der Waals surface area contributed by atoms with Crippen LogP contribution < -0.4 is 0 Å². The molecule has 4 aliphatic carbocycles. The van der Waals surface area contributed by atoms with Gasteiger partial charge in [-0.1, -0.05) is 77.0 Å². The third-order valence-electron chi connectivity index (χ3n) is 11.8. The molecular weight excluding hydrogens is 544 g/mol. The maximum absolute atomic E-state index is 13.0. The molecule has 0 radical (unpaired) electrons. The van der Waals surface area contributed by atoms with Crippen LogP contribution in [-0.4, -0.2) is 21.9 Å². The van der Waals surface area contributed by atoms with Crippen LogP contribution in [0.25, 0.3) is 0 Å². The highest BCUT2D eigenvalue weighted by Gasteiger charge is 2.57. The fourth-order valence-corrected chi connectivity index (χ4v) is 8.82. The second-order valence-electron chi connectivity index (χ2n) is 14.5. The summed E-state index contributed by atoms with van der Waals surface area (Å²) in [5, 5.41) is 22.6. The lowest BCUT2D eigenvalue weighted by atomic mass is 9.50. The van der Waals surface area contributed by atoms with Crippen molar-refractivity contribution in [3.05, 3.63) is 79.4 Å². The van der Waals surface area contributed by atoms with Crippen LogP contribution in [0.3, 0.4) is 0 Å². The molecule has 3 fully saturated rings. The van der Waals surface area contributed by atoms with E-state index in [1.165, 1.54) is 31.3 Å². The highest BCUT2D eigenvalue weighted by atomic mass is 16.6. The Bertz CT molecular complexity index is 1360. The van der Waals surface area contributed by atoms with Crippen LogP contribution in [0.1, 0.15) is 96.8 Å². The summed E-state index contributed by atoms with van der Waals surface area (Å²) in [7, 11) is 0. The summed E-state index contributed by atoms with van der Waals surface area (Å²) < 4.78 is 5.80. The van der Waals surface area contributed by atoms with Crippen molar-refractivity contribution in [1.82, 2.24) is 0 Å². The first kappa shape index (κ1) is 31.1. The highest BCUT2D eigenvalue weighted by Crippen LogP contribution is 2.66. The lowest BCUT2D eigenvalue weighted by Crippen LogP contribution is -2.46. The minimum absolute atomic E-state index is 0.0228. The molecule has 4 aliphatic rings. The normalized spacial score (nSPS) is 33.1. The molecule has 3 saturated carbocycles. The third-order valence-corrected chi connectivity index (χ3v) is 11.8. The quantitative estimate of drug-likeness (QED) is 0.129. The Balaban J connectivity index is 1.31. The maximum Gasteiger partial charge on any atom is 0.338 e. The Labute approximate surface area is 255 Å². The molecule has 5 rings (SSSR count). The van der Waals surface area contributed by atoms with Gasteiger partial charge < -0.3 is 4.74 Å². The first-order chi connectivity index (χ1) is 20.2. The van der Waals surface area contributed by atoms with E-state index in [0.29, 0.717) is 53.8 Å². The third kappa shape index (κ3) is 5.69. The van der Waals surface area contributed by atoms with Crippen LogP contribution in [-0.2, 0) is 4.74 Å². The fraction of sp³-hybridized carbons (Fsp3) is 0.629. The molecule has 0 amide bonds. The number of esters is 1. The Morgan fingerprint density at radius 3 is 2.21 bits per heavy atom. The number of benzene rings is 1. The first-order valence-electron chi connectivity index (χ1n) is 16.0. The summed E-state index contributed by atoms with van der Waals surface area (Å²) >= 11 is 0. The van der Waals surface area contributed by atoms with E-state index in [1.54, 1.807) is 5.57 Å². The van der Waals surface area contributed by atoms with Gasteiger partial charge in [-0.3, -0.25) is 20.2 Å². The molecule has 43 heavy (non-hydrogen) atoms. The van der Waals surface area contributed by atoms with E-state index in [1.807, 2.05) is 0 Å². The number of hydrogen-bond donors (Lipinski definition) is 0. The van der Waals surface area contributed by atoms with E-state index in [-0.39, 0.29) is 17.1 Å². The largest absolute Gasteiger partial charge is 0.458 e. The summed E-state index contributed by atoms with van der Waals surface area (Å²) in [6, 6.07) is 2.95. The second-order valence-corrected chi connectivity index (χ2v) is 14.5. The molecule has 8 atom stereocenters. The molecule has 0 aliphatic heterocycles. The zero-order valence-corrected chi connectivity index (χ0v) is 26.4. The SMILES string of the molecule is CC(C)[C@@H](C)/C=C/[C@@H](C)C1CCC2C3=CC=C4CC(OC(=O)c5cc([N+](=O)[O-])cc([N+](=O)[O-])c5)CC[C@@]4(C)[C@H]3CCC21C. The van der Waals surface area contributed by atoms with E-state index in [0.717, 1.165) is 24.6 Å². The molecular formula is C35H46N2O6. The van der Waals surface area contributed by atoms with E-state index in [4.69, 9.17) is 4.74 Å². The van der Waals surface area contributed by atoms with Crippen LogP contribution >= 0.6 is 0 Å². The van der Waals surface area contributed by atoms with Crippen LogP contribution in [0.2, 0.25) is 0 Å². The smallest absolute Gasteiger partial charge is 0.338 e. The number of nitro groups is 2. The zero-order valence-electron chi connectivity index (χ0n) is 26.4. The van der Waals surface area contributed by atoms with Crippen molar-refractivity contribution in [3.8, 4) is 0 Å². The van der Waals surface area contributed by atoms with Crippen molar-refractivity contribution in [3.63, 3.8) is 0 Å². The van der Waals surface area contributed by atoms with Gasteiger partial charge in [-0.25, -0.2) is 4.79 Å². The minimum Gasteiger partial charge on any atom is -0.458 e. The average molecular weight is 591 g/mol. The van der Waals surface area contributed by atoms with Crippen LogP contribution in [0.15, 0.2) is 53.6 Å². The van der Waals surface area contributed by atoms with Crippen molar-refractivity contribution >= 4 is 17.3 Å². The van der Waals surface area contributed by atoms with Crippen molar-refractivity contribution < 1.29 is 19.4 Å². The molecule has 1 aromatic carbocycles. The number of hydrogen-bond acceptors (Lipinski definition) is 6.